The highest BCUT2D eigenvalue weighted by Crippen LogP contribution is 2.23. The smallest absolute Gasteiger partial charge is 0.311 e. The highest BCUT2D eigenvalue weighted by Gasteiger charge is 2.27. The number of carbonyl (C=O) groups excluding carboxylic acids is 8. The number of unbranched alkanes of at least 4 members (excludes halogenated alkanes) is 1. The summed E-state index contributed by atoms with van der Waals surface area (Å²) >= 11 is 0. The summed E-state index contributed by atoms with van der Waals surface area (Å²) in [5.74, 6) is 3.24. The Morgan fingerprint density at radius 2 is 0.787 bits per heavy atom. The zero-order chi connectivity index (χ0) is 82.0. The minimum Gasteiger partial charge on any atom is -0.469 e. The van der Waals surface area contributed by atoms with Crippen LogP contribution in [0.4, 0.5) is 0 Å². The summed E-state index contributed by atoms with van der Waals surface area (Å²) in [5.41, 5.74) is -0.315. The number of likely N-dealkylation sites (N-methyl/N-ethyl adjacent to an activating group) is 1. The van der Waals surface area contributed by atoms with E-state index in [0.29, 0.717) is 73.9 Å². The highest BCUT2D eigenvalue weighted by molar-refractivity contribution is 5.85. The summed E-state index contributed by atoms with van der Waals surface area (Å²) in [7, 11) is 3.90. The van der Waals surface area contributed by atoms with Crippen LogP contribution in [0.5, 0.6) is 0 Å². The molecule has 0 saturated carbocycles. The van der Waals surface area contributed by atoms with Crippen LogP contribution in [0.2, 0.25) is 0 Å². The Morgan fingerprint density at radius 3 is 1.14 bits per heavy atom. The Balaban J connectivity index is -0.00000117. The van der Waals surface area contributed by atoms with Crippen molar-refractivity contribution in [2.24, 2.45) is 50.2 Å². The second-order valence-electron chi connectivity index (χ2n) is 36.6. The van der Waals surface area contributed by atoms with Gasteiger partial charge in [0.05, 0.1) is 22.5 Å². The zero-order valence-corrected chi connectivity index (χ0v) is 73.1. The fraction of sp³-hybridized carbons (Fsp3) is 0.758. The van der Waals surface area contributed by atoms with Gasteiger partial charge in [-0.25, -0.2) is 0 Å². The first-order valence-electron chi connectivity index (χ1n) is 40.7. The van der Waals surface area contributed by atoms with Crippen LogP contribution in [0.1, 0.15) is 294 Å². The molecule has 6 rings (SSSR count). The number of esters is 3. The maximum Gasteiger partial charge on any atom is 0.311 e. The minimum absolute atomic E-state index is 0. The average Bonchev–Trinajstić information content (AvgIpc) is 1.30. The van der Waals surface area contributed by atoms with E-state index in [9.17, 15) is 38.4 Å². The van der Waals surface area contributed by atoms with E-state index in [4.69, 9.17) is 18.6 Å². The van der Waals surface area contributed by atoms with Crippen LogP contribution < -0.4 is 0 Å². The summed E-state index contributed by atoms with van der Waals surface area (Å²) < 4.78 is 22.7. The number of Topliss-reactive ketones (excluding diaryl/α,β-unsaturated/α-hetero) is 5. The summed E-state index contributed by atoms with van der Waals surface area (Å²) in [6.45, 7) is 60.0. The number of hydrogen-bond donors (Lipinski definition) is 0. The van der Waals surface area contributed by atoms with E-state index in [1.807, 2.05) is 214 Å². The predicted molar refractivity (Wildman–Crippen MR) is 449 cm³/mol. The van der Waals surface area contributed by atoms with E-state index in [1.165, 1.54) is 70.0 Å². The van der Waals surface area contributed by atoms with Gasteiger partial charge in [-0.3, -0.25) is 48.2 Å². The van der Waals surface area contributed by atoms with Crippen LogP contribution in [0.3, 0.4) is 0 Å². The molecular formula is C91H163N5O12. The lowest BCUT2D eigenvalue weighted by Crippen LogP contribution is -2.34. The number of nitrogens with zero attached hydrogens (tertiary/aromatic N) is 5. The van der Waals surface area contributed by atoms with Crippen molar-refractivity contribution in [3.05, 3.63) is 84.6 Å². The number of benzene rings is 1. The van der Waals surface area contributed by atoms with Gasteiger partial charge in [0.15, 0.2) is 0 Å². The van der Waals surface area contributed by atoms with Crippen LogP contribution in [-0.4, -0.2) is 170 Å². The molecule has 0 aliphatic carbocycles. The standard InChI is InChI=1S/C14H20O.C13H21NO.C13H25NO.C12H23NO2.C11H21NO2.C10H14O2.C9H19NO2.C8H16O.CH4/c1-14(2,3)13(15)11-7-10-12-8-5-4-6-9-12;1-13(2,3)12(15)8-4-5-9-14-10-6-7-11-14;1-13(2,3)12(15)8-7-11-14-9-5-4-6-10-14;1-12(2,3)11(14)15-10-9-13-7-5-4-6-8-13;1-11(2,3)10(13)14-9-8-12-6-4-5-7-12;1-8(2)10(11)6-5-9-4-3-7-12-9;1-9(2,3)8(11)12-7-6-10(4)5;1-6(2)5-8(9)7(3)4;/h4-6,8-9H,7,10-11H2,1-3H3;6-7,10-11H,4-5,8-9H2,1-3H3;4-11H2,1-3H3;4-10H2,1-3H3;4-9H2,1-3H3;3-4,7-8H,5-6H2,1-2H3;6-7H2,1-5H3;6-7H,5H2,1-4H3;1H4. The molecule has 5 heterocycles. The van der Waals surface area contributed by atoms with Gasteiger partial charge in [0.1, 0.15) is 54.5 Å². The third-order valence-electron chi connectivity index (χ3n) is 17.9. The van der Waals surface area contributed by atoms with Gasteiger partial charge in [-0.1, -0.05) is 154 Å². The molecular weight excluding hydrogens is 1360 g/mol. The van der Waals surface area contributed by atoms with Gasteiger partial charge in [0.2, 0.25) is 0 Å². The van der Waals surface area contributed by atoms with E-state index < -0.39 is 0 Å². The predicted octanol–water partition coefficient (Wildman–Crippen LogP) is 20.0. The van der Waals surface area contributed by atoms with E-state index in [2.05, 4.69) is 57.6 Å². The van der Waals surface area contributed by atoms with Crippen molar-refractivity contribution in [2.75, 3.05) is 99.4 Å². The van der Waals surface area contributed by atoms with Gasteiger partial charge in [-0.2, -0.15) is 0 Å². The fourth-order valence-electron chi connectivity index (χ4n) is 10.3. The molecule has 3 aliphatic rings. The van der Waals surface area contributed by atoms with Crippen LogP contribution in [0.25, 0.3) is 0 Å². The number of rotatable bonds is 29. The molecule has 0 amide bonds. The van der Waals surface area contributed by atoms with Gasteiger partial charge in [-0.05, 0) is 229 Å². The monoisotopic (exact) mass is 1520 g/mol. The Kier molecular flexibility index (Phi) is 56.6. The summed E-state index contributed by atoms with van der Waals surface area (Å²) in [6.07, 6.45) is 25.6. The number of furan rings is 1. The topological polar surface area (TPSA) is 195 Å². The first kappa shape index (κ1) is 107. The van der Waals surface area contributed by atoms with E-state index in [1.54, 1.807) is 6.26 Å². The minimum atomic E-state index is -0.383. The number of carbonyl (C=O) groups is 8. The number of hydrogen-bond acceptors (Lipinski definition) is 16. The molecule has 3 aliphatic heterocycles. The number of aryl methyl sites for hydroxylation is 3. The first-order chi connectivity index (χ1) is 49.6. The Labute approximate surface area is 661 Å². The lowest BCUT2D eigenvalue weighted by molar-refractivity contribution is -0.154. The van der Waals surface area contributed by atoms with E-state index in [-0.39, 0.29) is 69.7 Å². The zero-order valence-electron chi connectivity index (χ0n) is 73.1. The summed E-state index contributed by atoms with van der Waals surface area (Å²) in [5, 5.41) is 0. The molecule has 0 bridgehead atoms. The van der Waals surface area contributed by atoms with Gasteiger partial charge >= 0.3 is 17.9 Å². The van der Waals surface area contributed by atoms with Crippen LogP contribution in [-0.2, 0) is 72.0 Å². The number of ether oxygens (including phenoxy) is 3. The van der Waals surface area contributed by atoms with Crippen molar-refractivity contribution < 1.29 is 57.0 Å². The molecule has 0 spiro atoms. The van der Waals surface area contributed by atoms with Crippen LogP contribution in [0, 0.1) is 50.2 Å². The van der Waals surface area contributed by atoms with Gasteiger partial charge in [-0.15, -0.1) is 0 Å². The Hall–Kier alpha value is -5.62. The molecule has 3 aromatic rings. The Bertz CT molecular complexity index is 2750. The lowest BCUT2D eigenvalue weighted by atomic mass is 9.87. The summed E-state index contributed by atoms with van der Waals surface area (Å²) in [6, 6.07) is 18.1. The number of likely N-dealkylation sites (tertiary alicyclic amines) is 3. The molecule has 0 radical (unpaired) electrons. The molecule has 0 unspecified atom stereocenters. The SMILES string of the molecule is C.CC(C)(C)C(=O)CCCCn1cccc1.CC(C)(C)C(=O)CCCN1CCCCC1.CC(C)(C)C(=O)CCCc1ccccc1.CC(C)(C)C(=O)OCCN1CCCC1.CC(C)(C)C(=O)OCCN1CCCCC1.CC(C)C(=O)CCc1ccco1.CC(C)CC(=O)C(C)C.CN(C)CCOC(=O)C(C)(C)C. The van der Waals surface area contributed by atoms with Crippen molar-refractivity contribution in [3.63, 3.8) is 0 Å². The van der Waals surface area contributed by atoms with Gasteiger partial charge in [0, 0.05) is 105 Å². The van der Waals surface area contributed by atoms with Crippen LogP contribution in [0.15, 0.2) is 77.7 Å². The normalized spacial score (nSPS) is 14.3. The third-order valence-corrected chi connectivity index (χ3v) is 17.9. The molecule has 2 aromatic heterocycles. The van der Waals surface area contributed by atoms with Crippen LogP contribution >= 0.6 is 0 Å². The molecule has 17 nitrogen and oxygen atoms in total. The summed E-state index contributed by atoms with van der Waals surface area (Å²) in [4.78, 5) is 100. The van der Waals surface area contributed by atoms with E-state index >= 15 is 0 Å². The molecule has 108 heavy (non-hydrogen) atoms. The molecule has 17 heteroatoms. The van der Waals surface area contributed by atoms with Crippen molar-refractivity contribution in [1.29, 1.82) is 0 Å². The lowest BCUT2D eigenvalue weighted by Gasteiger charge is -2.26. The van der Waals surface area contributed by atoms with Crippen molar-refractivity contribution in [2.45, 2.75) is 302 Å². The maximum atomic E-state index is 11.7. The fourth-order valence-corrected chi connectivity index (χ4v) is 10.3. The first-order valence-corrected chi connectivity index (χ1v) is 40.7. The quantitative estimate of drug-likeness (QED) is 0.0361. The molecule has 0 atom stereocenters. The van der Waals surface area contributed by atoms with Crippen molar-refractivity contribution >= 4 is 46.8 Å². The molecule has 624 valence electrons. The second kappa shape index (κ2) is 57.4. The second-order valence-corrected chi connectivity index (χ2v) is 36.6. The Morgan fingerprint density at radius 1 is 0.407 bits per heavy atom. The number of ketones is 5. The number of aromatic nitrogens is 1. The van der Waals surface area contributed by atoms with Crippen molar-refractivity contribution in [1.82, 2.24) is 24.2 Å². The maximum absolute atomic E-state index is 11.7. The molecule has 3 fully saturated rings. The number of piperidine rings is 2. The third kappa shape index (κ3) is 59.2. The largest absolute Gasteiger partial charge is 0.469 e. The molecule has 1 aromatic carbocycles. The van der Waals surface area contributed by atoms with Crippen molar-refractivity contribution in [3.8, 4) is 0 Å². The highest BCUT2D eigenvalue weighted by atomic mass is 16.5. The van der Waals surface area contributed by atoms with Gasteiger partial charge in [0.25, 0.3) is 0 Å². The molecule has 0 N–H and O–H groups in total. The van der Waals surface area contributed by atoms with E-state index in [0.717, 1.165) is 116 Å². The average molecular weight is 1520 g/mol. The molecule has 3 saturated heterocycles. The van der Waals surface area contributed by atoms with Gasteiger partial charge < -0.3 is 33.0 Å².